The smallest absolute Gasteiger partial charge is 0.174 e. The van der Waals surface area contributed by atoms with Gasteiger partial charge in [0.05, 0.1) is 6.04 Å². The lowest BCUT2D eigenvalue weighted by atomic mass is 10.00. The maximum absolute atomic E-state index is 14.6. The van der Waals surface area contributed by atoms with Gasteiger partial charge in [-0.05, 0) is 77.3 Å². The zero-order valence-corrected chi connectivity index (χ0v) is 16.9. The molecule has 0 fully saturated rings. The highest BCUT2D eigenvalue weighted by atomic mass is 127. The summed E-state index contributed by atoms with van der Waals surface area (Å²) < 4.78 is 17.9. The number of anilines is 1. The van der Waals surface area contributed by atoms with Crippen molar-refractivity contribution in [3.63, 3.8) is 0 Å². The van der Waals surface area contributed by atoms with Crippen molar-refractivity contribution in [3.05, 3.63) is 87.5 Å². The quantitative estimate of drug-likeness (QED) is 0.413. The molecule has 2 aromatic carbocycles. The van der Waals surface area contributed by atoms with E-state index < -0.39 is 0 Å². The van der Waals surface area contributed by atoms with E-state index in [9.17, 15) is 4.39 Å². The monoisotopic (exact) mass is 477 g/mol. The largest absolute Gasteiger partial charge is 0.348 e. The van der Waals surface area contributed by atoms with Crippen LogP contribution in [0.15, 0.2) is 66.9 Å². The molecule has 1 atom stereocenters. The van der Waals surface area contributed by atoms with E-state index in [1.165, 1.54) is 9.64 Å². The highest BCUT2D eigenvalue weighted by Crippen LogP contribution is 2.34. The number of aromatic nitrogens is 1. The maximum atomic E-state index is 14.6. The number of benzene rings is 2. The van der Waals surface area contributed by atoms with E-state index in [1.54, 1.807) is 6.07 Å². The van der Waals surface area contributed by atoms with Gasteiger partial charge in [-0.15, -0.1) is 0 Å². The Morgan fingerprint density at radius 3 is 2.58 bits per heavy atom. The third-order valence-electron chi connectivity index (χ3n) is 4.59. The molecule has 3 nitrogen and oxygen atoms in total. The molecule has 0 radical (unpaired) electrons. The van der Waals surface area contributed by atoms with Gasteiger partial charge in [0.25, 0.3) is 0 Å². The third-order valence-corrected chi connectivity index (χ3v) is 5.65. The van der Waals surface area contributed by atoms with Crippen molar-refractivity contribution in [1.29, 1.82) is 0 Å². The fourth-order valence-corrected chi connectivity index (χ4v) is 4.03. The van der Waals surface area contributed by atoms with Crippen molar-refractivity contribution in [3.8, 4) is 0 Å². The Bertz CT molecular complexity index is 938. The van der Waals surface area contributed by atoms with Crippen molar-refractivity contribution < 1.29 is 4.39 Å². The zero-order valence-electron chi connectivity index (χ0n) is 13.9. The molecular formula is C20H17FIN3S. The second kappa shape index (κ2) is 7.36. The molecule has 1 aromatic heterocycles. The predicted molar refractivity (Wildman–Crippen MR) is 115 cm³/mol. The first-order valence-electron chi connectivity index (χ1n) is 8.36. The minimum absolute atomic E-state index is 0.214. The number of nitrogens with one attached hydrogen (secondary N) is 1. The second-order valence-electron chi connectivity index (χ2n) is 6.18. The summed E-state index contributed by atoms with van der Waals surface area (Å²) >= 11 is 7.97. The van der Waals surface area contributed by atoms with Gasteiger partial charge in [-0.3, -0.25) is 0 Å². The Morgan fingerprint density at radius 2 is 1.81 bits per heavy atom. The molecule has 1 aliphatic heterocycles. The van der Waals surface area contributed by atoms with E-state index in [-0.39, 0.29) is 11.9 Å². The number of fused-ring (bicyclic) bond motifs is 1. The van der Waals surface area contributed by atoms with Crippen LogP contribution < -0.4 is 5.32 Å². The summed E-state index contributed by atoms with van der Waals surface area (Å²) in [6.45, 7) is 1.54. The molecule has 3 aromatic rings. The van der Waals surface area contributed by atoms with Crippen molar-refractivity contribution in [2.75, 3.05) is 11.9 Å². The summed E-state index contributed by atoms with van der Waals surface area (Å²) in [5, 5.41) is 3.91. The van der Waals surface area contributed by atoms with E-state index >= 15 is 0 Å². The fraction of sp³-hybridized carbons (Fsp3) is 0.150. The molecule has 0 amide bonds. The van der Waals surface area contributed by atoms with Crippen molar-refractivity contribution in [2.45, 2.75) is 12.6 Å². The lowest BCUT2D eigenvalue weighted by molar-refractivity contribution is 0.288. The first-order valence-corrected chi connectivity index (χ1v) is 9.85. The molecule has 2 heterocycles. The summed E-state index contributed by atoms with van der Waals surface area (Å²) in [5.74, 6) is -0.214. The van der Waals surface area contributed by atoms with Gasteiger partial charge in [0, 0.05) is 39.8 Å². The molecule has 132 valence electrons. The van der Waals surface area contributed by atoms with E-state index in [1.807, 2.05) is 54.7 Å². The molecule has 4 rings (SSSR count). The van der Waals surface area contributed by atoms with Gasteiger partial charge < -0.3 is 14.8 Å². The standard InChI is InChI=1S/C20H17FIN3S/c21-17-5-2-1-4-16(17)19-18-6-3-11-24(18)12-13-25(19)20(26)23-15-9-7-14(22)8-10-15/h1-11,19H,12-13H2,(H,23,26)/t19-/m1/s1. The summed E-state index contributed by atoms with van der Waals surface area (Å²) in [6, 6.07) is 18.8. The number of rotatable bonds is 2. The van der Waals surface area contributed by atoms with Gasteiger partial charge in [-0.25, -0.2) is 4.39 Å². The van der Waals surface area contributed by atoms with Crippen molar-refractivity contribution in [2.24, 2.45) is 0 Å². The predicted octanol–water partition coefficient (Wildman–Crippen LogP) is 5.03. The van der Waals surface area contributed by atoms with Crippen LogP contribution in [0.3, 0.4) is 0 Å². The van der Waals surface area contributed by atoms with Crippen LogP contribution in [0.25, 0.3) is 0 Å². The number of nitrogens with zero attached hydrogens (tertiary/aromatic N) is 2. The van der Waals surface area contributed by atoms with E-state index in [2.05, 4.69) is 37.4 Å². The summed E-state index contributed by atoms with van der Waals surface area (Å²) in [7, 11) is 0. The van der Waals surface area contributed by atoms with Gasteiger partial charge in [0.1, 0.15) is 5.82 Å². The van der Waals surface area contributed by atoms with E-state index in [0.717, 1.165) is 24.5 Å². The molecule has 0 aliphatic carbocycles. The van der Waals surface area contributed by atoms with Crippen LogP contribution in [0.2, 0.25) is 0 Å². The number of thiocarbonyl (C=S) groups is 1. The Kier molecular flexibility index (Phi) is 4.95. The number of hydrogen-bond donors (Lipinski definition) is 1. The Morgan fingerprint density at radius 1 is 1.04 bits per heavy atom. The lowest BCUT2D eigenvalue weighted by Gasteiger charge is -2.39. The molecule has 6 heteroatoms. The molecule has 0 saturated carbocycles. The van der Waals surface area contributed by atoms with E-state index in [4.69, 9.17) is 12.2 Å². The lowest BCUT2D eigenvalue weighted by Crippen LogP contribution is -2.44. The Labute approximate surface area is 171 Å². The molecule has 26 heavy (non-hydrogen) atoms. The average molecular weight is 477 g/mol. The van der Waals surface area contributed by atoms with Crippen LogP contribution in [0.5, 0.6) is 0 Å². The molecule has 0 spiro atoms. The molecule has 0 saturated heterocycles. The van der Waals surface area contributed by atoms with Crippen LogP contribution in [-0.2, 0) is 6.54 Å². The van der Waals surface area contributed by atoms with Crippen LogP contribution in [-0.4, -0.2) is 21.1 Å². The van der Waals surface area contributed by atoms with Crippen LogP contribution in [0, 0.1) is 9.39 Å². The van der Waals surface area contributed by atoms with Gasteiger partial charge in [-0.2, -0.15) is 0 Å². The average Bonchev–Trinajstić information content (AvgIpc) is 3.12. The van der Waals surface area contributed by atoms with Crippen LogP contribution in [0.1, 0.15) is 17.3 Å². The van der Waals surface area contributed by atoms with Crippen LogP contribution >= 0.6 is 34.8 Å². The normalized spacial score (nSPS) is 16.2. The minimum Gasteiger partial charge on any atom is -0.348 e. The molecular weight excluding hydrogens is 460 g/mol. The molecule has 1 N–H and O–H groups in total. The van der Waals surface area contributed by atoms with Gasteiger partial charge >= 0.3 is 0 Å². The van der Waals surface area contributed by atoms with Crippen LogP contribution in [0.4, 0.5) is 10.1 Å². The fourth-order valence-electron chi connectivity index (χ4n) is 3.35. The van der Waals surface area contributed by atoms with E-state index in [0.29, 0.717) is 10.7 Å². The SMILES string of the molecule is Fc1ccccc1[C@@H]1c2cccn2CCN1C(=S)Nc1ccc(I)cc1. The maximum Gasteiger partial charge on any atom is 0.174 e. The first-order chi connectivity index (χ1) is 12.6. The molecule has 1 aliphatic rings. The first kappa shape index (κ1) is 17.5. The summed E-state index contributed by atoms with van der Waals surface area (Å²) in [4.78, 5) is 2.07. The highest BCUT2D eigenvalue weighted by Gasteiger charge is 2.32. The number of hydrogen-bond acceptors (Lipinski definition) is 1. The molecule has 0 bridgehead atoms. The topological polar surface area (TPSA) is 20.2 Å². The Balaban J connectivity index is 1.69. The van der Waals surface area contributed by atoms with Gasteiger partial charge in [-0.1, -0.05) is 18.2 Å². The Hall–Kier alpha value is -1.93. The van der Waals surface area contributed by atoms with Crippen molar-refractivity contribution in [1.82, 2.24) is 9.47 Å². The number of halogens is 2. The highest BCUT2D eigenvalue weighted by molar-refractivity contribution is 14.1. The van der Waals surface area contributed by atoms with Gasteiger partial charge in [0.15, 0.2) is 5.11 Å². The summed E-state index contributed by atoms with van der Waals surface area (Å²) in [5.41, 5.74) is 2.62. The zero-order chi connectivity index (χ0) is 18.1. The second-order valence-corrected chi connectivity index (χ2v) is 7.81. The molecule has 0 unspecified atom stereocenters. The third kappa shape index (κ3) is 3.35. The van der Waals surface area contributed by atoms with Gasteiger partial charge in [0.2, 0.25) is 0 Å². The van der Waals surface area contributed by atoms with Crippen molar-refractivity contribution >= 4 is 45.6 Å². The summed E-state index contributed by atoms with van der Waals surface area (Å²) in [6.07, 6.45) is 2.04. The minimum atomic E-state index is -0.246.